The van der Waals surface area contributed by atoms with Crippen LogP contribution < -0.4 is 0 Å². The van der Waals surface area contributed by atoms with Gasteiger partial charge in [-0.3, -0.25) is 4.79 Å². The van der Waals surface area contributed by atoms with Gasteiger partial charge in [-0.1, -0.05) is 6.92 Å². The molecule has 0 saturated heterocycles. The average molecular weight is 114 g/mol. The molecule has 1 N–H and O–H groups in total. The lowest BCUT2D eigenvalue weighted by Crippen LogP contribution is -1.93. The fraction of sp³-hybridized carbons (Fsp3) is 0.500. The summed E-state index contributed by atoms with van der Waals surface area (Å²) in [6.07, 6.45) is 1.47. The Labute approximate surface area is 48.8 Å². The monoisotopic (exact) mass is 114 g/mol. The van der Waals surface area contributed by atoms with E-state index in [4.69, 9.17) is 5.11 Å². The van der Waals surface area contributed by atoms with Gasteiger partial charge in [-0.05, 0) is 13.3 Å². The number of carbonyl (C=O) groups is 1. The van der Waals surface area contributed by atoms with E-state index in [-0.39, 0.29) is 5.78 Å². The molecule has 0 aliphatic heterocycles. The topological polar surface area (TPSA) is 37.3 Å². The van der Waals surface area contributed by atoms with Crippen LogP contribution in [0.3, 0.4) is 0 Å². The van der Waals surface area contributed by atoms with Crippen LogP contribution in [0.25, 0.3) is 0 Å². The van der Waals surface area contributed by atoms with Gasteiger partial charge in [0, 0.05) is 5.57 Å². The lowest BCUT2D eigenvalue weighted by molar-refractivity contribution is -0.113. The second-order valence-corrected chi connectivity index (χ2v) is 1.56. The van der Waals surface area contributed by atoms with Gasteiger partial charge in [-0.15, -0.1) is 0 Å². The molecular weight excluding hydrogens is 104 g/mol. The molecule has 0 aromatic carbocycles. The molecule has 0 amide bonds. The Morgan fingerprint density at radius 1 is 1.75 bits per heavy atom. The molecule has 0 aliphatic carbocycles. The van der Waals surface area contributed by atoms with E-state index in [1.54, 1.807) is 0 Å². The van der Waals surface area contributed by atoms with Crippen molar-refractivity contribution in [3.05, 3.63) is 11.8 Å². The SMILES string of the molecule is CCC(=CO)C(C)=O. The van der Waals surface area contributed by atoms with Gasteiger partial charge in [0.1, 0.15) is 0 Å². The molecule has 0 atom stereocenters. The summed E-state index contributed by atoms with van der Waals surface area (Å²) in [5.41, 5.74) is 0.477. The maximum Gasteiger partial charge on any atom is 0.158 e. The van der Waals surface area contributed by atoms with E-state index < -0.39 is 0 Å². The van der Waals surface area contributed by atoms with Crippen molar-refractivity contribution in [2.24, 2.45) is 0 Å². The van der Waals surface area contributed by atoms with Crippen molar-refractivity contribution in [3.63, 3.8) is 0 Å². The van der Waals surface area contributed by atoms with Crippen molar-refractivity contribution in [2.45, 2.75) is 20.3 Å². The maximum absolute atomic E-state index is 10.4. The molecule has 0 unspecified atom stereocenters. The number of hydrogen-bond donors (Lipinski definition) is 1. The standard InChI is InChI=1S/C6H10O2/c1-3-6(4-7)5(2)8/h4,7H,3H2,1-2H3. The van der Waals surface area contributed by atoms with Crippen molar-refractivity contribution < 1.29 is 9.90 Å². The van der Waals surface area contributed by atoms with Crippen LogP contribution in [0.15, 0.2) is 11.8 Å². The van der Waals surface area contributed by atoms with E-state index in [2.05, 4.69) is 0 Å². The number of aliphatic hydroxyl groups excluding tert-OH is 1. The Hall–Kier alpha value is -0.790. The van der Waals surface area contributed by atoms with Crippen molar-refractivity contribution in [1.82, 2.24) is 0 Å². The van der Waals surface area contributed by atoms with Crippen LogP contribution in [0.1, 0.15) is 20.3 Å². The number of ketones is 1. The number of rotatable bonds is 2. The summed E-state index contributed by atoms with van der Waals surface area (Å²) in [4.78, 5) is 10.4. The van der Waals surface area contributed by atoms with Gasteiger partial charge in [-0.2, -0.15) is 0 Å². The number of Topliss-reactive ketones (excluding diaryl/α,β-unsaturated/α-hetero) is 1. The second kappa shape index (κ2) is 3.24. The minimum atomic E-state index is -0.0602. The smallest absolute Gasteiger partial charge is 0.158 e. The zero-order chi connectivity index (χ0) is 6.57. The summed E-state index contributed by atoms with van der Waals surface area (Å²) >= 11 is 0. The first-order valence-electron chi connectivity index (χ1n) is 2.56. The van der Waals surface area contributed by atoms with Crippen molar-refractivity contribution in [2.75, 3.05) is 0 Å². The van der Waals surface area contributed by atoms with Gasteiger partial charge in [0.2, 0.25) is 0 Å². The molecule has 0 heterocycles. The maximum atomic E-state index is 10.4. The molecule has 0 fully saturated rings. The first-order chi connectivity index (χ1) is 3.72. The number of allylic oxidation sites excluding steroid dienone is 1. The molecule has 2 nitrogen and oxygen atoms in total. The van der Waals surface area contributed by atoms with Gasteiger partial charge < -0.3 is 5.11 Å². The molecule has 0 radical (unpaired) electrons. The van der Waals surface area contributed by atoms with E-state index in [0.29, 0.717) is 12.0 Å². The van der Waals surface area contributed by atoms with Crippen LogP contribution in [0.2, 0.25) is 0 Å². The highest BCUT2D eigenvalue weighted by molar-refractivity contribution is 5.92. The zero-order valence-electron chi connectivity index (χ0n) is 5.14. The highest BCUT2D eigenvalue weighted by Crippen LogP contribution is 1.98. The number of carbonyl (C=O) groups excluding carboxylic acids is 1. The Balaban J connectivity index is 3.92. The number of aliphatic hydroxyl groups is 1. The Bertz CT molecular complexity index is 114. The van der Waals surface area contributed by atoms with Gasteiger partial charge in [0.05, 0.1) is 6.26 Å². The first kappa shape index (κ1) is 7.21. The summed E-state index contributed by atoms with van der Waals surface area (Å²) in [6, 6.07) is 0. The molecule has 8 heavy (non-hydrogen) atoms. The van der Waals surface area contributed by atoms with Gasteiger partial charge in [-0.25, -0.2) is 0 Å². The summed E-state index contributed by atoms with van der Waals surface area (Å²) in [5.74, 6) is -0.0602. The molecule has 0 rings (SSSR count). The Morgan fingerprint density at radius 2 is 2.25 bits per heavy atom. The third kappa shape index (κ3) is 1.78. The molecule has 0 saturated carbocycles. The third-order valence-electron chi connectivity index (χ3n) is 0.989. The molecule has 2 heteroatoms. The van der Waals surface area contributed by atoms with Crippen molar-refractivity contribution in [1.29, 1.82) is 0 Å². The van der Waals surface area contributed by atoms with E-state index in [1.807, 2.05) is 6.92 Å². The average Bonchev–Trinajstić information content (AvgIpc) is 1.69. The van der Waals surface area contributed by atoms with Gasteiger partial charge in [0.25, 0.3) is 0 Å². The lowest BCUT2D eigenvalue weighted by atomic mass is 10.2. The molecule has 0 aliphatic rings. The van der Waals surface area contributed by atoms with Crippen molar-refractivity contribution >= 4 is 5.78 Å². The largest absolute Gasteiger partial charge is 0.515 e. The van der Waals surface area contributed by atoms with Gasteiger partial charge >= 0.3 is 0 Å². The molecule has 0 spiro atoms. The normalized spacial score (nSPS) is 11.5. The molecule has 0 bridgehead atoms. The molecule has 46 valence electrons. The van der Waals surface area contributed by atoms with Crippen LogP contribution in [0.4, 0.5) is 0 Å². The zero-order valence-corrected chi connectivity index (χ0v) is 5.14. The molecule has 0 aromatic rings. The van der Waals surface area contributed by atoms with Gasteiger partial charge in [0.15, 0.2) is 5.78 Å². The summed E-state index contributed by atoms with van der Waals surface area (Å²) in [7, 11) is 0. The predicted molar refractivity (Wildman–Crippen MR) is 31.7 cm³/mol. The van der Waals surface area contributed by atoms with Crippen LogP contribution in [-0.2, 0) is 4.79 Å². The van der Waals surface area contributed by atoms with Crippen LogP contribution in [0, 0.1) is 0 Å². The van der Waals surface area contributed by atoms with Crippen LogP contribution >= 0.6 is 0 Å². The summed E-state index contributed by atoms with van der Waals surface area (Å²) < 4.78 is 0. The van der Waals surface area contributed by atoms with Crippen LogP contribution in [0.5, 0.6) is 0 Å². The van der Waals surface area contributed by atoms with E-state index in [1.165, 1.54) is 6.92 Å². The minimum Gasteiger partial charge on any atom is -0.515 e. The Kier molecular flexibility index (Phi) is 2.92. The fourth-order valence-electron chi connectivity index (χ4n) is 0.431. The Morgan fingerprint density at radius 3 is 2.25 bits per heavy atom. The lowest BCUT2D eigenvalue weighted by Gasteiger charge is -1.91. The highest BCUT2D eigenvalue weighted by atomic mass is 16.2. The predicted octanol–water partition coefficient (Wildman–Crippen LogP) is 1.43. The third-order valence-corrected chi connectivity index (χ3v) is 0.989. The van der Waals surface area contributed by atoms with E-state index >= 15 is 0 Å². The highest BCUT2D eigenvalue weighted by Gasteiger charge is 1.97. The quantitative estimate of drug-likeness (QED) is 0.435. The van der Waals surface area contributed by atoms with Crippen LogP contribution in [-0.4, -0.2) is 10.9 Å². The first-order valence-corrected chi connectivity index (χ1v) is 2.56. The second-order valence-electron chi connectivity index (χ2n) is 1.56. The molecule has 0 aromatic heterocycles. The number of hydrogen-bond acceptors (Lipinski definition) is 2. The fourth-order valence-corrected chi connectivity index (χ4v) is 0.431. The molecular formula is C6H10O2. The minimum absolute atomic E-state index is 0.0602. The summed E-state index contributed by atoms with van der Waals surface area (Å²) in [5, 5.41) is 8.31. The van der Waals surface area contributed by atoms with Crippen molar-refractivity contribution in [3.8, 4) is 0 Å². The van der Waals surface area contributed by atoms with E-state index in [9.17, 15) is 4.79 Å². The van der Waals surface area contributed by atoms with E-state index in [0.717, 1.165) is 6.26 Å². The summed E-state index contributed by atoms with van der Waals surface area (Å²) in [6.45, 7) is 3.26.